The molecule has 15 heavy (non-hydrogen) atoms. The van der Waals surface area contributed by atoms with Crippen molar-refractivity contribution in [1.29, 1.82) is 0 Å². The second-order valence-corrected chi connectivity index (χ2v) is 3.70. The maximum absolute atomic E-state index is 13.6. The zero-order valence-electron chi connectivity index (χ0n) is 8.64. The van der Waals surface area contributed by atoms with E-state index < -0.39 is 11.8 Å². The Kier molecular flexibility index (Phi) is 4.27. The zero-order valence-corrected chi connectivity index (χ0v) is 10.2. The fourth-order valence-electron chi connectivity index (χ4n) is 1.35. The SMILES string of the molecule is CCOC(=O)c1c(F)cc(C)cc1CBr. The molecule has 1 aromatic rings. The van der Waals surface area contributed by atoms with Crippen LogP contribution < -0.4 is 0 Å². The molecule has 0 saturated carbocycles. The monoisotopic (exact) mass is 274 g/mol. The van der Waals surface area contributed by atoms with Crippen LogP contribution in [0.4, 0.5) is 4.39 Å². The molecule has 0 atom stereocenters. The van der Waals surface area contributed by atoms with Crippen molar-refractivity contribution in [2.24, 2.45) is 0 Å². The van der Waals surface area contributed by atoms with Gasteiger partial charge in [0.25, 0.3) is 0 Å². The lowest BCUT2D eigenvalue weighted by Crippen LogP contribution is -2.10. The smallest absolute Gasteiger partial charge is 0.341 e. The Morgan fingerprint density at radius 1 is 1.53 bits per heavy atom. The summed E-state index contributed by atoms with van der Waals surface area (Å²) in [4.78, 5) is 11.5. The molecule has 0 amide bonds. The van der Waals surface area contributed by atoms with Gasteiger partial charge in [0.05, 0.1) is 12.2 Å². The Labute approximate surface area is 96.6 Å². The summed E-state index contributed by atoms with van der Waals surface area (Å²) in [6, 6.07) is 3.10. The van der Waals surface area contributed by atoms with Crippen LogP contribution in [-0.4, -0.2) is 12.6 Å². The van der Waals surface area contributed by atoms with Crippen LogP contribution in [0.25, 0.3) is 0 Å². The molecule has 1 aromatic carbocycles. The van der Waals surface area contributed by atoms with Crippen LogP contribution in [-0.2, 0) is 10.1 Å². The van der Waals surface area contributed by atoms with Gasteiger partial charge in [-0.05, 0) is 31.0 Å². The van der Waals surface area contributed by atoms with E-state index in [1.807, 2.05) is 0 Å². The number of alkyl halides is 1. The third-order valence-electron chi connectivity index (χ3n) is 1.94. The van der Waals surface area contributed by atoms with Gasteiger partial charge in [0.15, 0.2) is 0 Å². The molecule has 0 radical (unpaired) electrons. The molecular formula is C11H12BrFO2. The molecule has 82 valence electrons. The van der Waals surface area contributed by atoms with Crippen molar-refractivity contribution in [1.82, 2.24) is 0 Å². The number of hydrogen-bond acceptors (Lipinski definition) is 2. The Bertz CT molecular complexity index is 377. The number of hydrogen-bond donors (Lipinski definition) is 0. The number of aryl methyl sites for hydroxylation is 1. The van der Waals surface area contributed by atoms with Crippen molar-refractivity contribution in [2.45, 2.75) is 19.2 Å². The van der Waals surface area contributed by atoms with E-state index >= 15 is 0 Å². The summed E-state index contributed by atoms with van der Waals surface area (Å²) < 4.78 is 18.3. The molecular weight excluding hydrogens is 263 g/mol. The summed E-state index contributed by atoms with van der Waals surface area (Å²) in [5, 5.41) is 0.430. The summed E-state index contributed by atoms with van der Waals surface area (Å²) in [6.07, 6.45) is 0. The van der Waals surface area contributed by atoms with Crippen molar-refractivity contribution >= 4 is 21.9 Å². The maximum atomic E-state index is 13.6. The van der Waals surface area contributed by atoms with E-state index in [0.717, 1.165) is 5.56 Å². The van der Waals surface area contributed by atoms with Crippen LogP contribution in [0.5, 0.6) is 0 Å². The van der Waals surface area contributed by atoms with Crippen molar-refractivity contribution < 1.29 is 13.9 Å². The van der Waals surface area contributed by atoms with E-state index in [0.29, 0.717) is 10.9 Å². The Morgan fingerprint density at radius 3 is 2.73 bits per heavy atom. The largest absolute Gasteiger partial charge is 0.462 e. The molecule has 0 unspecified atom stereocenters. The highest BCUT2D eigenvalue weighted by Gasteiger charge is 2.17. The topological polar surface area (TPSA) is 26.3 Å². The van der Waals surface area contributed by atoms with Gasteiger partial charge in [0, 0.05) is 5.33 Å². The first-order chi connectivity index (χ1) is 7.10. The van der Waals surface area contributed by atoms with Gasteiger partial charge < -0.3 is 4.74 Å². The van der Waals surface area contributed by atoms with Crippen molar-refractivity contribution in [2.75, 3.05) is 6.61 Å². The fourth-order valence-corrected chi connectivity index (χ4v) is 1.79. The van der Waals surface area contributed by atoms with Crippen LogP contribution in [0, 0.1) is 12.7 Å². The van der Waals surface area contributed by atoms with E-state index in [9.17, 15) is 9.18 Å². The second-order valence-electron chi connectivity index (χ2n) is 3.13. The minimum atomic E-state index is -0.607. The van der Waals surface area contributed by atoms with Gasteiger partial charge >= 0.3 is 5.97 Å². The molecule has 0 fully saturated rings. The van der Waals surface area contributed by atoms with Crippen LogP contribution in [0.2, 0.25) is 0 Å². The van der Waals surface area contributed by atoms with Crippen LogP contribution in [0.1, 0.15) is 28.4 Å². The minimum Gasteiger partial charge on any atom is -0.462 e. The van der Waals surface area contributed by atoms with Gasteiger partial charge in [-0.1, -0.05) is 22.0 Å². The second kappa shape index (κ2) is 5.26. The summed E-state index contributed by atoms with van der Waals surface area (Å²) in [6.45, 7) is 3.72. The number of rotatable bonds is 3. The number of carbonyl (C=O) groups excluding carboxylic acids is 1. The Hall–Kier alpha value is -0.900. The average molecular weight is 275 g/mol. The average Bonchev–Trinajstić information content (AvgIpc) is 2.16. The van der Waals surface area contributed by atoms with Crippen molar-refractivity contribution in [3.8, 4) is 0 Å². The molecule has 0 aliphatic carbocycles. The molecule has 0 aliphatic heterocycles. The molecule has 0 N–H and O–H groups in total. The van der Waals surface area contributed by atoms with Crippen LogP contribution in [0.15, 0.2) is 12.1 Å². The van der Waals surface area contributed by atoms with Gasteiger partial charge in [-0.3, -0.25) is 0 Å². The van der Waals surface area contributed by atoms with Crippen LogP contribution >= 0.6 is 15.9 Å². The van der Waals surface area contributed by atoms with Gasteiger partial charge in [0.1, 0.15) is 5.82 Å². The number of halogens is 2. The Morgan fingerprint density at radius 2 is 2.20 bits per heavy atom. The molecule has 0 aliphatic rings. The highest BCUT2D eigenvalue weighted by atomic mass is 79.9. The minimum absolute atomic E-state index is 0.0272. The molecule has 4 heteroatoms. The van der Waals surface area contributed by atoms with E-state index in [-0.39, 0.29) is 12.2 Å². The quantitative estimate of drug-likeness (QED) is 0.625. The molecule has 0 saturated heterocycles. The first-order valence-electron chi connectivity index (χ1n) is 4.62. The maximum Gasteiger partial charge on any atom is 0.341 e. The lowest BCUT2D eigenvalue weighted by molar-refractivity contribution is 0.0520. The summed E-state index contributed by atoms with van der Waals surface area (Å²) >= 11 is 3.22. The summed E-state index contributed by atoms with van der Waals surface area (Å²) in [5.41, 5.74) is 1.43. The lowest BCUT2D eigenvalue weighted by Gasteiger charge is -2.08. The fraction of sp³-hybridized carbons (Fsp3) is 0.364. The van der Waals surface area contributed by atoms with Gasteiger partial charge in [-0.25, -0.2) is 9.18 Å². The standard InChI is InChI=1S/C11H12BrFO2/c1-3-15-11(14)10-8(6-12)4-7(2)5-9(10)13/h4-5H,3,6H2,1-2H3. The molecule has 0 bridgehead atoms. The first-order valence-corrected chi connectivity index (χ1v) is 5.74. The predicted octanol–water partition coefficient (Wildman–Crippen LogP) is 3.21. The van der Waals surface area contributed by atoms with Gasteiger partial charge in [0.2, 0.25) is 0 Å². The third-order valence-corrected chi connectivity index (χ3v) is 2.54. The number of carbonyl (C=O) groups is 1. The molecule has 0 aromatic heterocycles. The highest BCUT2D eigenvalue weighted by Crippen LogP contribution is 2.20. The van der Waals surface area contributed by atoms with Crippen LogP contribution in [0.3, 0.4) is 0 Å². The van der Waals surface area contributed by atoms with E-state index in [2.05, 4.69) is 15.9 Å². The number of esters is 1. The highest BCUT2D eigenvalue weighted by molar-refractivity contribution is 9.08. The molecule has 0 spiro atoms. The van der Waals surface area contributed by atoms with Crippen molar-refractivity contribution in [3.05, 3.63) is 34.6 Å². The third kappa shape index (κ3) is 2.78. The van der Waals surface area contributed by atoms with E-state index in [1.165, 1.54) is 6.07 Å². The Balaban J connectivity index is 3.20. The van der Waals surface area contributed by atoms with Crippen molar-refractivity contribution in [3.63, 3.8) is 0 Å². The lowest BCUT2D eigenvalue weighted by atomic mass is 10.1. The number of benzene rings is 1. The normalized spacial score (nSPS) is 10.1. The zero-order chi connectivity index (χ0) is 11.4. The van der Waals surface area contributed by atoms with Gasteiger partial charge in [-0.2, -0.15) is 0 Å². The molecule has 0 heterocycles. The first kappa shape index (κ1) is 12.2. The summed E-state index contributed by atoms with van der Waals surface area (Å²) in [5.74, 6) is -1.13. The van der Waals surface area contributed by atoms with E-state index in [4.69, 9.17) is 4.74 Å². The van der Waals surface area contributed by atoms with Gasteiger partial charge in [-0.15, -0.1) is 0 Å². The molecule has 2 nitrogen and oxygen atoms in total. The molecule has 1 rings (SSSR count). The van der Waals surface area contributed by atoms with E-state index in [1.54, 1.807) is 19.9 Å². The predicted molar refractivity (Wildman–Crippen MR) is 59.7 cm³/mol. The number of ether oxygens (including phenoxy) is 1. The summed E-state index contributed by atoms with van der Waals surface area (Å²) in [7, 11) is 0.